The maximum Gasteiger partial charge on any atom is 0.297 e. The molecule has 8 rings (SSSR count). The van der Waals surface area contributed by atoms with Crippen molar-refractivity contribution in [2.45, 2.75) is 0 Å². The van der Waals surface area contributed by atoms with Crippen molar-refractivity contribution >= 4 is 39.8 Å². The molecule has 0 radical (unpaired) electrons. The van der Waals surface area contributed by atoms with Gasteiger partial charge in [0.15, 0.2) is 11.6 Å². The molecule has 0 saturated carbocycles. The zero-order valence-electron chi connectivity index (χ0n) is 27.0. The largest absolute Gasteiger partial charge is 0.385 e. The summed E-state index contributed by atoms with van der Waals surface area (Å²) >= 11 is 0. The number of ketones is 2. The van der Waals surface area contributed by atoms with Crippen LogP contribution in [0, 0.1) is 0 Å². The predicted molar refractivity (Wildman–Crippen MR) is 197 cm³/mol. The van der Waals surface area contributed by atoms with Crippen LogP contribution in [0.5, 0.6) is 0 Å². The van der Waals surface area contributed by atoms with Crippen LogP contribution in [0.3, 0.4) is 0 Å². The Morgan fingerprint density at radius 1 is 0.400 bits per heavy atom. The Kier molecular flexibility index (Phi) is 8.13. The number of benzene rings is 5. The van der Waals surface area contributed by atoms with Crippen molar-refractivity contribution in [1.29, 1.82) is 0 Å². The van der Waals surface area contributed by atoms with Crippen LogP contribution < -0.4 is 10.3 Å². The Morgan fingerprint density at radius 2 is 0.720 bits per heavy atom. The Balaban J connectivity index is 1.36. The van der Waals surface area contributed by atoms with Gasteiger partial charge >= 0.3 is 0 Å². The standard InChI is InChI=1S/C45H30N2O3/c48-41-37(30-16-6-1-7-17-30)26-35(27-38(41)31-18-8-2-9-19-31)43-46-44(34-24-14-5-15-25-34)50-45(47-43)36-28-39(32-20-10-3-11-21-32)42(49)40(29-36)33-22-12-4-13-23-33/h1-29,47H/p+1. The molecule has 2 aliphatic carbocycles. The Labute approximate surface area is 290 Å². The molecule has 1 heterocycles. The molecule has 0 atom stereocenters. The lowest BCUT2D eigenvalue weighted by Gasteiger charge is -2.22. The molecule has 0 saturated heterocycles. The van der Waals surface area contributed by atoms with Gasteiger partial charge in [-0.2, -0.15) is 0 Å². The van der Waals surface area contributed by atoms with Crippen LogP contribution in [-0.2, 0) is 14.3 Å². The van der Waals surface area contributed by atoms with E-state index in [9.17, 15) is 9.59 Å². The maximum atomic E-state index is 14.0. The number of hydrogen-bond acceptors (Lipinski definition) is 4. The number of hydrogen-bond donors (Lipinski definition) is 2. The first-order valence-electron chi connectivity index (χ1n) is 16.4. The third-order valence-corrected chi connectivity index (χ3v) is 8.79. The zero-order chi connectivity index (χ0) is 33.9. The van der Waals surface area contributed by atoms with Crippen molar-refractivity contribution in [3.63, 3.8) is 0 Å². The maximum absolute atomic E-state index is 14.0. The molecule has 2 N–H and O–H groups in total. The molecule has 5 nitrogen and oxygen atoms in total. The predicted octanol–water partition coefficient (Wildman–Crippen LogP) is 7.06. The fraction of sp³-hybridized carbons (Fsp3) is 0. The van der Waals surface area contributed by atoms with Gasteiger partial charge in [0.2, 0.25) is 0 Å². The van der Waals surface area contributed by atoms with E-state index in [0.717, 1.165) is 33.4 Å². The normalized spacial score (nSPS) is 16.0. The van der Waals surface area contributed by atoms with Gasteiger partial charge in [0.25, 0.3) is 17.6 Å². The molecule has 0 fully saturated rings. The number of carbonyl (C=O) groups excluding carboxylic acids is 2. The Bertz CT molecular complexity index is 2220. The minimum absolute atomic E-state index is 0.0543. The van der Waals surface area contributed by atoms with E-state index in [-0.39, 0.29) is 11.6 Å². The molecular formula is C45H31N2O3+. The van der Waals surface area contributed by atoms with E-state index in [1.165, 1.54) is 0 Å². The monoisotopic (exact) mass is 647 g/mol. The second-order valence-electron chi connectivity index (χ2n) is 12.0. The van der Waals surface area contributed by atoms with E-state index in [4.69, 9.17) is 4.74 Å². The van der Waals surface area contributed by atoms with Gasteiger partial charge in [-0.25, -0.2) is 10.3 Å². The summed E-state index contributed by atoms with van der Waals surface area (Å²) < 4.78 is 6.61. The first-order chi connectivity index (χ1) is 24.6. The fourth-order valence-corrected chi connectivity index (χ4v) is 6.27. The number of allylic oxidation sites excluding steroid dienone is 10. The van der Waals surface area contributed by atoms with Gasteiger partial charge < -0.3 is 4.74 Å². The topological polar surface area (TPSA) is 69.4 Å². The van der Waals surface area contributed by atoms with E-state index >= 15 is 0 Å². The van der Waals surface area contributed by atoms with Crippen LogP contribution >= 0.6 is 0 Å². The van der Waals surface area contributed by atoms with E-state index in [1.54, 1.807) is 0 Å². The number of carbonyl (C=O) groups is 2. The van der Waals surface area contributed by atoms with Gasteiger partial charge in [0, 0.05) is 22.3 Å². The molecule has 5 heteroatoms. The minimum atomic E-state index is -0.0665. The van der Waals surface area contributed by atoms with Gasteiger partial charge in [-0.15, -0.1) is 0 Å². The second-order valence-corrected chi connectivity index (χ2v) is 12.0. The molecule has 5 aromatic carbocycles. The Morgan fingerprint density at radius 3 is 1.08 bits per heavy atom. The molecule has 5 aromatic rings. The third-order valence-electron chi connectivity index (χ3n) is 8.79. The summed E-state index contributed by atoms with van der Waals surface area (Å²) in [6.07, 6.45) is 7.58. The highest BCUT2D eigenvalue weighted by atomic mass is 16.5. The summed E-state index contributed by atoms with van der Waals surface area (Å²) in [5, 5.41) is 3.51. The summed E-state index contributed by atoms with van der Waals surface area (Å²) in [6, 6.07) is 48.6. The summed E-state index contributed by atoms with van der Waals surface area (Å²) in [6.45, 7) is 0. The van der Waals surface area contributed by atoms with Crippen molar-refractivity contribution < 1.29 is 19.3 Å². The lowest BCUT2D eigenvalue weighted by molar-refractivity contribution is -0.423. The van der Waals surface area contributed by atoms with Crippen LogP contribution in [0.25, 0.3) is 22.3 Å². The average Bonchev–Trinajstić information content (AvgIpc) is 3.19. The number of Topliss-reactive ketones (excluding diaryl/α,β-unsaturated/α-hetero) is 2. The zero-order valence-corrected chi connectivity index (χ0v) is 27.0. The number of ether oxygens (including phenoxy) is 1. The fourth-order valence-electron chi connectivity index (χ4n) is 6.27. The first kappa shape index (κ1) is 30.5. The van der Waals surface area contributed by atoms with Crippen molar-refractivity contribution in [3.05, 3.63) is 227 Å². The minimum Gasteiger partial charge on any atom is -0.385 e. The highest BCUT2D eigenvalue weighted by molar-refractivity contribution is 6.44. The summed E-state index contributed by atoms with van der Waals surface area (Å²) in [4.78, 5) is 31.5. The molecular weight excluding hydrogens is 617 g/mol. The molecule has 50 heavy (non-hydrogen) atoms. The highest BCUT2D eigenvalue weighted by Crippen LogP contribution is 2.35. The lowest BCUT2D eigenvalue weighted by Crippen LogP contribution is -2.77. The van der Waals surface area contributed by atoms with Gasteiger partial charge in [0.1, 0.15) is 0 Å². The molecule has 1 aliphatic heterocycles. The highest BCUT2D eigenvalue weighted by Gasteiger charge is 2.33. The van der Waals surface area contributed by atoms with Crippen molar-refractivity contribution in [3.8, 4) is 0 Å². The van der Waals surface area contributed by atoms with Gasteiger partial charge in [-0.3, -0.25) is 9.59 Å². The summed E-state index contributed by atoms with van der Waals surface area (Å²) in [5.41, 5.74) is 7.87. The van der Waals surface area contributed by atoms with Crippen LogP contribution in [0.15, 0.2) is 199 Å². The van der Waals surface area contributed by atoms with Crippen molar-refractivity contribution in [2.24, 2.45) is 0 Å². The van der Waals surface area contributed by atoms with E-state index in [1.807, 2.05) is 176 Å². The third kappa shape index (κ3) is 6.00. The smallest absolute Gasteiger partial charge is 0.297 e. The van der Waals surface area contributed by atoms with Gasteiger partial charge in [-0.1, -0.05) is 140 Å². The molecule has 0 amide bonds. The van der Waals surface area contributed by atoms with Gasteiger partial charge in [-0.05, 0) is 58.7 Å². The average molecular weight is 648 g/mol. The van der Waals surface area contributed by atoms with Crippen molar-refractivity contribution in [2.75, 3.05) is 0 Å². The van der Waals surface area contributed by atoms with Crippen LogP contribution in [0.2, 0.25) is 0 Å². The lowest BCUT2D eigenvalue weighted by atomic mass is 9.85. The summed E-state index contributed by atoms with van der Waals surface area (Å²) in [5.74, 6) is 1.47. The second kappa shape index (κ2) is 13.3. The molecule has 0 spiro atoms. The van der Waals surface area contributed by atoms with E-state index in [2.05, 4.69) is 10.3 Å². The van der Waals surface area contributed by atoms with E-state index in [0.29, 0.717) is 45.5 Å². The van der Waals surface area contributed by atoms with Crippen LogP contribution in [-0.4, -0.2) is 17.5 Å². The summed E-state index contributed by atoms with van der Waals surface area (Å²) in [7, 11) is 0. The molecule has 0 aromatic heterocycles. The first-order valence-corrected chi connectivity index (χ1v) is 16.4. The number of nitrogens with one attached hydrogen (secondary N) is 2. The Hall–Kier alpha value is -6.85. The molecule has 0 unspecified atom stereocenters. The molecule has 3 aliphatic rings. The molecule has 0 bridgehead atoms. The van der Waals surface area contributed by atoms with Gasteiger partial charge in [0.05, 0.1) is 16.7 Å². The molecule has 238 valence electrons. The van der Waals surface area contributed by atoms with E-state index < -0.39 is 0 Å². The quantitative estimate of drug-likeness (QED) is 0.215. The van der Waals surface area contributed by atoms with Crippen molar-refractivity contribution in [1.82, 2.24) is 5.32 Å². The van der Waals surface area contributed by atoms with Crippen LogP contribution in [0.1, 0.15) is 27.8 Å². The van der Waals surface area contributed by atoms with Crippen LogP contribution in [0.4, 0.5) is 0 Å². The number of rotatable bonds is 5. The SMILES string of the molecule is O=C1C(c2ccccc2)=CC(=C2NC(=C3C=C(c4ccccc4)C(=O)C(c4ccccc4)=C3)OC(c3ccccc3)=[NH+]2)C=C1c1ccccc1.